The molecule has 3 aromatic rings. The quantitative estimate of drug-likeness (QED) is 0.532. The Morgan fingerprint density at radius 2 is 2.00 bits per heavy atom. The molecular formula is C23H21F3N4O2S. The summed E-state index contributed by atoms with van der Waals surface area (Å²) in [6, 6.07) is 3.86. The molecule has 0 N–H and O–H groups in total. The molecule has 6 rings (SSSR count). The van der Waals surface area contributed by atoms with Gasteiger partial charge in [0.25, 0.3) is 5.91 Å². The summed E-state index contributed by atoms with van der Waals surface area (Å²) < 4.78 is 44.5. The van der Waals surface area contributed by atoms with Crippen LogP contribution in [0.3, 0.4) is 0 Å². The molecule has 10 heteroatoms. The van der Waals surface area contributed by atoms with E-state index in [0.717, 1.165) is 47.7 Å². The van der Waals surface area contributed by atoms with Crippen LogP contribution in [-0.4, -0.2) is 44.4 Å². The fourth-order valence-electron chi connectivity index (χ4n) is 4.74. The summed E-state index contributed by atoms with van der Waals surface area (Å²) in [7, 11) is 0. The lowest BCUT2D eigenvalue weighted by Gasteiger charge is -2.49. The lowest BCUT2D eigenvalue weighted by atomic mass is 9.77. The minimum atomic E-state index is -4.45. The van der Waals surface area contributed by atoms with Crippen LogP contribution in [0.5, 0.6) is 5.88 Å². The largest absolute Gasteiger partial charge is 0.472 e. The average molecular weight is 475 g/mol. The minimum Gasteiger partial charge on any atom is -0.472 e. The van der Waals surface area contributed by atoms with Crippen LogP contribution in [0.2, 0.25) is 0 Å². The van der Waals surface area contributed by atoms with Gasteiger partial charge in [0, 0.05) is 42.1 Å². The van der Waals surface area contributed by atoms with Gasteiger partial charge in [-0.05, 0) is 49.8 Å². The molecule has 1 saturated carbocycles. The maximum atomic E-state index is 13.7. The first-order valence-corrected chi connectivity index (χ1v) is 11.6. The van der Waals surface area contributed by atoms with Gasteiger partial charge < -0.3 is 9.64 Å². The van der Waals surface area contributed by atoms with Gasteiger partial charge in [-0.25, -0.2) is 9.97 Å². The third-order valence-corrected chi connectivity index (χ3v) is 7.12. The fourth-order valence-corrected chi connectivity index (χ4v) is 5.49. The number of rotatable bonds is 4. The molecule has 2 aliphatic heterocycles. The molecule has 2 saturated heterocycles. The topological polar surface area (TPSA) is 68.2 Å². The SMILES string of the molecule is Cc1ccnc(C(=O)N2C[C@H]3CC[C@H]2[C@H](Oc2ccc(C(F)(F)F)cn2)C3)c1-c1nccs1. The first-order valence-electron chi connectivity index (χ1n) is 10.7. The Labute approximate surface area is 192 Å². The van der Waals surface area contributed by atoms with Crippen molar-refractivity contribution in [1.29, 1.82) is 0 Å². The van der Waals surface area contributed by atoms with E-state index in [1.54, 1.807) is 12.4 Å². The van der Waals surface area contributed by atoms with Gasteiger partial charge in [0.2, 0.25) is 5.88 Å². The first kappa shape index (κ1) is 21.8. The van der Waals surface area contributed by atoms with Crippen molar-refractivity contribution >= 4 is 17.2 Å². The molecule has 33 heavy (non-hydrogen) atoms. The maximum Gasteiger partial charge on any atom is 0.417 e. The summed E-state index contributed by atoms with van der Waals surface area (Å²) in [4.78, 5) is 28.1. The van der Waals surface area contributed by atoms with E-state index in [4.69, 9.17) is 4.74 Å². The molecule has 3 aromatic heterocycles. The van der Waals surface area contributed by atoms with Crippen LogP contribution in [0.1, 0.15) is 40.9 Å². The second-order valence-corrected chi connectivity index (χ2v) is 9.33. The summed E-state index contributed by atoms with van der Waals surface area (Å²) in [5.74, 6) is 0.212. The standard InChI is InChI=1S/C23H21F3N4O2S/c1-13-6-7-27-20(19(13)21-28-8-9-33-21)22(31)30-12-14-2-4-16(30)17(10-14)32-18-5-3-15(11-29-18)23(24,25)26/h3,5-9,11,14,16-17H,2,4,10,12H2,1H3/t14-,16-,17+/m0/s1. The molecular weight excluding hydrogens is 453 g/mol. The number of amides is 1. The Kier molecular flexibility index (Phi) is 5.55. The second kappa shape index (κ2) is 8.40. The van der Waals surface area contributed by atoms with Crippen molar-refractivity contribution in [2.75, 3.05) is 6.54 Å². The van der Waals surface area contributed by atoms with Crippen LogP contribution in [0, 0.1) is 12.8 Å². The molecule has 2 bridgehead atoms. The van der Waals surface area contributed by atoms with Crippen LogP contribution in [0.15, 0.2) is 42.2 Å². The summed E-state index contributed by atoms with van der Waals surface area (Å²) >= 11 is 1.45. The normalized spacial score (nSPS) is 22.4. The lowest BCUT2D eigenvalue weighted by molar-refractivity contribution is -0.137. The maximum absolute atomic E-state index is 13.7. The summed E-state index contributed by atoms with van der Waals surface area (Å²) in [6.45, 7) is 2.54. The Bertz CT molecular complexity index is 1150. The van der Waals surface area contributed by atoms with Crippen LogP contribution in [-0.2, 0) is 6.18 Å². The third-order valence-electron chi connectivity index (χ3n) is 6.33. The number of aryl methyl sites for hydroxylation is 1. The number of aromatic nitrogens is 3. The number of pyridine rings is 2. The summed E-state index contributed by atoms with van der Waals surface area (Å²) in [5.41, 5.74) is 1.20. The number of ether oxygens (including phenoxy) is 1. The van der Waals surface area contributed by atoms with Crippen LogP contribution in [0.4, 0.5) is 13.2 Å². The number of hydrogen-bond donors (Lipinski definition) is 0. The molecule has 3 aliphatic rings. The van der Waals surface area contributed by atoms with Gasteiger partial charge in [-0.1, -0.05) is 0 Å². The Hall–Kier alpha value is -3.01. The highest BCUT2D eigenvalue weighted by atomic mass is 32.1. The number of fused-ring (bicyclic) bond motifs is 3. The zero-order chi connectivity index (χ0) is 23.2. The van der Waals surface area contributed by atoms with Crippen molar-refractivity contribution in [2.24, 2.45) is 5.92 Å². The molecule has 1 aliphatic carbocycles. The zero-order valence-corrected chi connectivity index (χ0v) is 18.6. The number of nitrogens with zero attached hydrogens (tertiary/aromatic N) is 4. The predicted octanol–water partition coefficient (Wildman–Crippen LogP) is 5.00. The van der Waals surface area contributed by atoms with E-state index in [-0.39, 0.29) is 29.9 Å². The Morgan fingerprint density at radius 1 is 1.15 bits per heavy atom. The average Bonchev–Trinajstić information content (AvgIpc) is 3.33. The van der Waals surface area contributed by atoms with E-state index in [1.807, 2.05) is 23.3 Å². The first-order chi connectivity index (χ1) is 15.8. The minimum absolute atomic E-state index is 0.130. The van der Waals surface area contributed by atoms with Gasteiger partial charge in [0.15, 0.2) is 0 Å². The molecule has 3 fully saturated rings. The van der Waals surface area contributed by atoms with E-state index >= 15 is 0 Å². The summed E-state index contributed by atoms with van der Waals surface area (Å²) in [6.07, 6.45) is 1.80. The van der Waals surface area contributed by atoms with Crippen molar-refractivity contribution < 1.29 is 22.7 Å². The van der Waals surface area contributed by atoms with Gasteiger partial charge in [-0.15, -0.1) is 11.3 Å². The highest BCUT2D eigenvalue weighted by Gasteiger charge is 2.45. The van der Waals surface area contributed by atoms with Crippen LogP contribution in [0.25, 0.3) is 10.6 Å². The van der Waals surface area contributed by atoms with Crippen molar-refractivity contribution in [3.63, 3.8) is 0 Å². The molecule has 5 heterocycles. The molecule has 172 valence electrons. The van der Waals surface area contributed by atoms with Crippen molar-refractivity contribution in [2.45, 2.75) is 44.5 Å². The second-order valence-electron chi connectivity index (χ2n) is 8.43. The highest BCUT2D eigenvalue weighted by Crippen LogP contribution is 2.39. The Morgan fingerprint density at radius 3 is 2.67 bits per heavy atom. The van der Waals surface area contributed by atoms with Gasteiger partial charge >= 0.3 is 6.18 Å². The van der Waals surface area contributed by atoms with E-state index in [9.17, 15) is 18.0 Å². The zero-order valence-electron chi connectivity index (χ0n) is 17.7. The van der Waals surface area contributed by atoms with E-state index in [1.165, 1.54) is 17.4 Å². The fraction of sp³-hybridized carbons (Fsp3) is 0.391. The molecule has 0 spiro atoms. The molecule has 0 radical (unpaired) electrons. The molecule has 0 aromatic carbocycles. The van der Waals surface area contributed by atoms with Gasteiger partial charge in [-0.3, -0.25) is 9.78 Å². The van der Waals surface area contributed by atoms with Crippen LogP contribution >= 0.6 is 11.3 Å². The predicted molar refractivity (Wildman–Crippen MR) is 116 cm³/mol. The number of piperidine rings is 2. The van der Waals surface area contributed by atoms with Gasteiger partial charge in [0.05, 0.1) is 11.6 Å². The molecule has 1 amide bonds. The van der Waals surface area contributed by atoms with Gasteiger partial charge in [0.1, 0.15) is 16.8 Å². The van der Waals surface area contributed by atoms with Gasteiger partial charge in [-0.2, -0.15) is 13.2 Å². The third kappa shape index (κ3) is 4.19. The smallest absolute Gasteiger partial charge is 0.417 e. The molecule has 3 atom stereocenters. The lowest BCUT2D eigenvalue weighted by Crippen LogP contribution is -2.59. The number of hydrogen-bond acceptors (Lipinski definition) is 6. The number of alkyl halides is 3. The number of carbonyl (C=O) groups excluding carboxylic acids is 1. The monoisotopic (exact) mass is 474 g/mol. The molecule has 0 unspecified atom stereocenters. The number of carbonyl (C=O) groups is 1. The molecule has 6 nitrogen and oxygen atoms in total. The highest BCUT2D eigenvalue weighted by molar-refractivity contribution is 7.13. The Balaban J connectivity index is 1.40. The van der Waals surface area contributed by atoms with E-state index in [2.05, 4.69) is 15.0 Å². The van der Waals surface area contributed by atoms with Crippen molar-refractivity contribution in [3.05, 3.63) is 59.0 Å². The van der Waals surface area contributed by atoms with Crippen LogP contribution < -0.4 is 4.74 Å². The number of thiazole rings is 1. The van der Waals surface area contributed by atoms with E-state index in [0.29, 0.717) is 12.2 Å². The number of halogens is 3. The van der Waals surface area contributed by atoms with E-state index < -0.39 is 11.7 Å². The summed E-state index contributed by atoms with van der Waals surface area (Å²) in [5, 5.41) is 2.60. The van der Waals surface area contributed by atoms with Crippen molar-refractivity contribution in [3.8, 4) is 16.5 Å². The van der Waals surface area contributed by atoms with Crippen molar-refractivity contribution in [1.82, 2.24) is 19.9 Å².